The first-order valence-corrected chi connectivity index (χ1v) is 9.30. The van der Waals surface area contributed by atoms with Gasteiger partial charge in [-0.15, -0.1) is 0 Å². The number of unbranched alkanes of at least 4 members (excludes halogenated alkanes) is 13. The Morgan fingerprint density at radius 1 is 0.571 bits per heavy atom. The van der Waals surface area contributed by atoms with Gasteiger partial charge in [-0.25, -0.2) is 0 Å². The molecule has 0 unspecified atom stereocenters. The third-order valence-electron chi connectivity index (χ3n) is 4.15. The monoisotopic (exact) mass is 298 g/mol. The second-order valence-electron chi connectivity index (χ2n) is 7.57. The summed E-state index contributed by atoms with van der Waals surface area (Å²) in [7, 11) is 6.84. The fourth-order valence-corrected chi connectivity index (χ4v) is 2.76. The molecule has 2 nitrogen and oxygen atoms in total. The van der Waals surface area contributed by atoms with Crippen LogP contribution in [0.1, 0.15) is 89.9 Å². The third-order valence-corrected chi connectivity index (χ3v) is 4.15. The SMILES string of the molecule is C[N+](C)(C)CCCCCCCCCCCCCCCC=O. The zero-order valence-corrected chi connectivity index (χ0v) is 15.0. The molecule has 126 valence electrons. The first-order chi connectivity index (χ1) is 10.1. The van der Waals surface area contributed by atoms with E-state index in [9.17, 15) is 4.79 Å². The Bertz CT molecular complexity index is 220. The molecule has 0 aliphatic rings. The molecule has 0 heterocycles. The number of aldehydes is 1. The molecule has 2 heteroatoms. The summed E-state index contributed by atoms with van der Waals surface area (Å²) in [6.07, 6.45) is 19.6. The van der Waals surface area contributed by atoms with Crippen LogP contribution in [0.4, 0.5) is 0 Å². The Morgan fingerprint density at radius 2 is 0.905 bits per heavy atom. The molecule has 0 N–H and O–H groups in total. The van der Waals surface area contributed by atoms with Crippen LogP contribution >= 0.6 is 0 Å². The van der Waals surface area contributed by atoms with Gasteiger partial charge in [-0.05, 0) is 19.3 Å². The van der Waals surface area contributed by atoms with Crippen molar-refractivity contribution in [2.24, 2.45) is 0 Å². The lowest BCUT2D eigenvalue weighted by Gasteiger charge is -2.23. The Hall–Kier alpha value is -0.370. The van der Waals surface area contributed by atoms with Crippen molar-refractivity contribution in [1.29, 1.82) is 0 Å². The fraction of sp³-hybridized carbons (Fsp3) is 0.947. The summed E-state index contributed by atoms with van der Waals surface area (Å²) in [5.41, 5.74) is 0. The summed E-state index contributed by atoms with van der Waals surface area (Å²) in [5.74, 6) is 0. The smallest absolute Gasteiger partial charge is 0.119 e. The minimum Gasteiger partial charge on any atom is -0.331 e. The maximum Gasteiger partial charge on any atom is 0.119 e. The van der Waals surface area contributed by atoms with Crippen LogP contribution in [0.25, 0.3) is 0 Å². The number of quaternary nitrogens is 1. The summed E-state index contributed by atoms with van der Waals surface area (Å²) >= 11 is 0. The number of carbonyl (C=O) groups is 1. The van der Waals surface area contributed by atoms with Crippen LogP contribution in [-0.2, 0) is 4.79 Å². The summed E-state index contributed by atoms with van der Waals surface area (Å²) in [6.45, 7) is 1.31. The maximum absolute atomic E-state index is 10.2. The lowest BCUT2D eigenvalue weighted by Crippen LogP contribution is -2.35. The first kappa shape index (κ1) is 20.6. The van der Waals surface area contributed by atoms with Crippen molar-refractivity contribution in [2.75, 3.05) is 27.7 Å². The highest BCUT2D eigenvalue weighted by Crippen LogP contribution is 2.13. The van der Waals surface area contributed by atoms with Crippen LogP contribution in [-0.4, -0.2) is 38.5 Å². The molecule has 0 rings (SSSR count). The molecule has 0 aromatic rings. The molecule has 21 heavy (non-hydrogen) atoms. The molecule has 0 saturated heterocycles. The van der Waals surface area contributed by atoms with Gasteiger partial charge in [-0.2, -0.15) is 0 Å². The molecule has 0 fully saturated rings. The molecule has 0 aliphatic heterocycles. The van der Waals surface area contributed by atoms with Crippen LogP contribution in [0.5, 0.6) is 0 Å². The van der Waals surface area contributed by atoms with Crippen molar-refractivity contribution >= 4 is 6.29 Å². The lowest BCUT2D eigenvalue weighted by molar-refractivity contribution is -0.870. The molecule has 0 aliphatic carbocycles. The van der Waals surface area contributed by atoms with Gasteiger partial charge in [0, 0.05) is 6.42 Å². The van der Waals surface area contributed by atoms with Crippen LogP contribution < -0.4 is 0 Å². The first-order valence-electron chi connectivity index (χ1n) is 9.30. The van der Waals surface area contributed by atoms with E-state index in [1.54, 1.807) is 0 Å². The van der Waals surface area contributed by atoms with Gasteiger partial charge in [0.25, 0.3) is 0 Å². The quantitative estimate of drug-likeness (QED) is 0.213. The number of carbonyl (C=O) groups excluding carboxylic acids is 1. The van der Waals surface area contributed by atoms with Gasteiger partial charge in [0.1, 0.15) is 6.29 Å². The Balaban J connectivity index is 3.01. The summed E-state index contributed by atoms with van der Waals surface area (Å²) < 4.78 is 1.11. The van der Waals surface area contributed by atoms with Crippen LogP contribution in [0.3, 0.4) is 0 Å². The largest absolute Gasteiger partial charge is 0.331 e. The van der Waals surface area contributed by atoms with E-state index in [1.165, 1.54) is 83.6 Å². The molecule has 0 radical (unpaired) electrons. The molecule has 0 bridgehead atoms. The van der Waals surface area contributed by atoms with Crippen molar-refractivity contribution in [1.82, 2.24) is 0 Å². The highest BCUT2D eigenvalue weighted by molar-refractivity contribution is 5.48. The predicted molar refractivity (Wildman–Crippen MR) is 93.6 cm³/mol. The Morgan fingerprint density at radius 3 is 1.24 bits per heavy atom. The highest BCUT2D eigenvalue weighted by Gasteiger charge is 2.04. The Kier molecular flexibility index (Phi) is 14.3. The highest BCUT2D eigenvalue weighted by atomic mass is 16.1. The van der Waals surface area contributed by atoms with E-state index in [1.807, 2.05) is 0 Å². The van der Waals surface area contributed by atoms with Crippen LogP contribution in [0, 0.1) is 0 Å². The molecule has 0 saturated carbocycles. The molecular formula is C19H40NO+. The lowest BCUT2D eigenvalue weighted by atomic mass is 10.0. The van der Waals surface area contributed by atoms with Crippen molar-refractivity contribution in [3.8, 4) is 0 Å². The molecule has 0 spiro atoms. The van der Waals surface area contributed by atoms with Gasteiger partial charge in [-0.1, -0.05) is 64.2 Å². The Labute approximate surface area is 133 Å². The van der Waals surface area contributed by atoms with E-state index in [0.717, 1.165) is 23.6 Å². The zero-order chi connectivity index (χ0) is 15.8. The number of nitrogens with zero attached hydrogens (tertiary/aromatic N) is 1. The zero-order valence-electron chi connectivity index (χ0n) is 15.0. The van der Waals surface area contributed by atoms with Gasteiger partial charge in [-0.3, -0.25) is 0 Å². The van der Waals surface area contributed by atoms with Crippen molar-refractivity contribution < 1.29 is 9.28 Å². The predicted octanol–water partition coefficient (Wildman–Crippen LogP) is 5.35. The van der Waals surface area contributed by atoms with Gasteiger partial charge < -0.3 is 9.28 Å². The van der Waals surface area contributed by atoms with Gasteiger partial charge in [0.2, 0.25) is 0 Å². The number of hydrogen-bond donors (Lipinski definition) is 0. The third kappa shape index (κ3) is 19.6. The van der Waals surface area contributed by atoms with E-state index >= 15 is 0 Å². The fourth-order valence-electron chi connectivity index (χ4n) is 2.76. The van der Waals surface area contributed by atoms with Crippen molar-refractivity contribution in [3.05, 3.63) is 0 Å². The topological polar surface area (TPSA) is 17.1 Å². The van der Waals surface area contributed by atoms with Crippen LogP contribution in [0.15, 0.2) is 0 Å². The molecule has 0 amide bonds. The molecule has 0 aromatic carbocycles. The normalized spacial score (nSPS) is 11.8. The molecule has 0 atom stereocenters. The van der Waals surface area contributed by atoms with E-state index in [2.05, 4.69) is 21.1 Å². The minimum absolute atomic E-state index is 0.759. The average Bonchev–Trinajstić information content (AvgIpc) is 2.42. The van der Waals surface area contributed by atoms with E-state index < -0.39 is 0 Å². The van der Waals surface area contributed by atoms with Gasteiger partial charge >= 0.3 is 0 Å². The number of hydrogen-bond acceptors (Lipinski definition) is 1. The summed E-state index contributed by atoms with van der Waals surface area (Å²) in [4.78, 5) is 10.2. The van der Waals surface area contributed by atoms with E-state index in [0.29, 0.717) is 0 Å². The average molecular weight is 299 g/mol. The second-order valence-corrected chi connectivity index (χ2v) is 7.57. The van der Waals surface area contributed by atoms with Crippen molar-refractivity contribution in [3.63, 3.8) is 0 Å². The van der Waals surface area contributed by atoms with Gasteiger partial charge in [0.15, 0.2) is 0 Å². The van der Waals surface area contributed by atoms with E-state index in [4.69, 9.17) is 0 Å². The van der Waals surface area contributed by atoms with E-state index in [-0.39, 0.29) is 0 Å². The minimum atomic E-state index is 0.759. The van der Waals surface area contributed by atoms with Crippen LogP contribution in [0.2, 0.25) is 0 Å². The second kappa shape index (κ2) is 14.6. The van der Waals surface area contributed by atoms with Crippen molar-refractivity contribution in [2.45, 2.75) is 89.9 Å². The number of rotatable bonds is 16. The molecule has 0 aromatic heterocycles. The summed E-state index contributed by atoms with van der Waals surface area (Å²) in [5, 5.41) is 0. The standard InChI is InChI=1S/C19H40NO/c1-20(2,3)18-16-14-12-10-8-6-4-5-7-9-11-13-15-17-19-21/h19H,4-18H2,1-3H3/q+1. The maximum atomic E-state index is 10.2. The summed E-state index contributed by atoms with van der Waals surface area (Å²) in [6, 6.07) is 0. The molecular weight excluding hydrogens is 258 g/mol. The van der Waals surface area contributed by atoms with Gasteiger partial charge in [0.05, 0.1) is 27.7 Å².